The Labute approximate surface area is 150 Å². The number of ether oxygens (including phenoxy) is 1. The van der Waals surface area contributed by atoms with Crippen molar-refractivity contribution in [2.75, 3.05) is 20.2 Å². The van der Waals surface area contributed by atoms with Crippen LogP contribution in [-0.2, 0) is 11.2 Å². The first-order valence-corrected chi connectivity index (χ1v) is 8.57. The van der Waals surface area contributed by atoms with Gasteiger partial charge in [0.25, 0.3) is 0 Å². The molecule has 0 bridgehead atoms. The van der Waals surface area contributed by atoms with Crippen molar-refractivity contribution in [3.8, 4) is 11.5 Å². The van der Waals surface area contributed by atoms with Crippen molar-refractivity contribution >= 4 is 23.2 Å². The Morgan fingerprint density at radius 2 is 2.04 bits per heavy atom. The maximum atomic E-state index is 13.0. The van der Waals surface area contributed by atoms with Crippen molar-refractivity contribution in [1.29, 1.82) is 0 Å². The maximum Gasteiger partial charge on any atom is 0.227 e. The number of benzene rings is 1. The summed E-state index contributed by atoms with van der Waals surface area (Å²) in [5, 5.41) is 10.0. The molecule has 2 aromatic rings. The number of methoxy groups -OCH3 is 1. The molecule has 1 aromatic heterocycles. The van der Waals surface area contributed by atoms with Gasteiger partial charge in [0.2, 0.25) is 5.91 Å². The molecule has 0 saturated carbocycles. The molecule has 0 unspecified atom stereocenters. The summed E-state index contributed by atoms with van der Waals surface area (Å²) in [7, 11) is 1.35. The average molecular weight is 359 g/mol. The number of aldehydes is 1. The van der Waals surface area contributed by atoms with Crippen LogP contribution in [0.4, 0.5) is 0 Å². The van der Waals surface area contributed by atoms with Gasteiger partial charge in [0.05, 0.1) is 19.1 Å². The Hall–Kier alpha value is -2.83. The van der Waals surface area contributed by atoms with E-state index in [2.05, 4.69) is 0 Å². The van der Waals surface area contributed by atoms with E-state index in [4.69, 9.17) is 9.15 Å². The fourth-order valence-corrected chi connectivity index (χ4v) is 3.37. The first-order chi connectivity index (χ1) is 12.5. The summed E-state index contributed by atoms with van der Waals surface area (Å²) in [6.45, 7) is 2.97. The number of amides is 1. The fourth-order valence-electron chi connectivity index (χ4n) is 3.37. The Morgan fingerprint density at radius 1 is 1.35 bits per heavy atom. The summed E-state index contributed by atoms with van der Waals surface area (Å²) >= 11 is 0. The summed E-state index contributed by atoms with van der Waals surface area (Å²) in [6.07, 6.45) is 3.40. The maximum absolute atomic E-state index is 13.0. The molecule has 1 aromatic carbocycles. The van der Waals surface area contributed by atoms with Gasteiger partial charge < -0.3 is 19.2 Å². The van der Waals surface area contributed by atoms with Crippen LogP contribution >= 0.6 is 0 Å². The number of fused-ring (bicyclic) bond motifs is 1. The van der Waals surface area contributed by atoms with Crippen molar-refractivity contribution < 1.29 is 23.8 Å². The zero-order chi connectivity index (χ0) is 18.8. The van der Waals surface area contributed by atoms with Crippen molar-refractivity contribution in [3.05, 3.63) is 33.2 Å². The normalized spacial score (nSPS) is 14.5. The van der Waals surface area contributed by atoms with E-state index >= 15 is 0 Å². The summed E-state index contributed by atoms with van der Waals surface area (Å²) in [4.78, 5) is 38.6. The van der Waals surface area contributed by atoms with E-state index in [0.717, 1.165) is 19.3 Å². The largest absolute Gasteiger partial charge is 0.507 e. The zero-order valence-corrected chi connectivity index (χ0v) is 14.8. The minimum Gasteiger partial charge on any atom is -0.507 e. The lowest BCUT2D eigenvalue weighted by Gasteiger charge is -2.26. The van der Waals surface area contributed by atoms with Gasteiger partial charge in [-0.05, 0) is 26.2 Å². The molecule has 7 heteroatoms. The van der Waals surface area contributed by atoms with Crippen LogP contribution in [0.3, 0.4) is 0 Å². The minimum atomic E-state index is -0.422. The second-order valence-corrected chi connectivity index (χ2v) is 6.42. The molecule has 1 aliphatic heterocycles. The highest BCUT2D eigenvalue weighted by Crippen LogP contribution is 2.33. The number of likely N-dealkylation sites (tertiary alicyclic amines) is 1. The van der Waals surface area contributed by atoms with Crippen LogP contribution in [0.15, 0.2) is 15.3 Å². The van der Waals surface area contributed by atoms with E-state index in [-0.39, 0.29) is 51.7 Å². The third kappa shape index (κ3) is 3.05. The molecular formula is C19H21NO6. The molecule has 0 atom stereocenters. The predicted octanol–water partition coefficient (Wildman–Crippen LogP) is 2.18. The molecule has 1 N–H and O–H groups in total. The monoisotopic (exact) mass is 359 g/mol. The summed E-state index contributed by atoms with van der Waals surface area (Å²) in [6, 6.07) is 1.20. The van der Waals surface area contributed by atoms with E-state index in [1.807, 2.05) is 0 Å². The van der Waals surface area contributed by atoms with Crippen LogP contribution in [0, 0.1) is 6.92 Å². The molecule has 0 aliphatic carbocycles. The lowest BCUT2D eigenvalue weighted by atomic mass is 10.0. The number of rotatable bonds is 4. The number of phenolic OH excluding ortho intramolecular Hbond substituents is 1. The number of carbonyl (C=O) groups is 2. The second kappa shape index (κ2) is 7.19. The van der Waals surface area contributed by atoms with Crippen LogP contribution in [0.5, 0.6) is 11.5 Å². The van der Waals surface area contributed by atoms with Gasteiger partial charge in [-0.2, -0.15) is 0 Å². The van der Waals surface area contributed by atoms with Gasteiger partial charge in [0.15, 0.2) is 17.3 Å². The molecule has 0 spiro atoms. The molecule has 1 amide bonds. The smallest absolute Gasteiger partial charge is 0.227 e. The number of carbonyl (C=O) groups excluding carboxylic acids is 2. The molecule has 1 saturated heterocycles. The second-order valence-electron chi connectivity index (χ2n) is 6.42. The summed E-state index contributed by atoms with van der Waals surface area (Å²) in [5.41, 5.74) is -0.327. The van der Waals surface area contributed by atoms with E-state index in [0.29, 0.717) is 19.4 Å². The molecule has 1 fully saturated rings. The molecule has 1 aliphatic rings. The van der Waals surface area contributed by atoms with E-state index in [1.165, 1.54) is 13.2 Å². The summed E-state index contributed by atoms with van der Waals surface area (Å²) in [5.74, 6) is -0.0935. The molecule has 26 heavy (non-hydrogen) atoms. The number of phenols is 1. The van der Waals surface area contributed by atoms with Crippen molar-refractivity contribution in [2.45, 2.75) is 32.6 Å². The first-order valence-electron chi connectivity index (χ1n) is 8.57. The highest BCUT2D eigenvalue weighted by molar-refractivity contribution is 6.00. The Morgan fingerprint density at radius 3 is 2.65 bits per heavy atom. The highest BCUT2D eigenvalue weighted by atomic mass is 16.5. The quantitative estimate of drug-likeness (QED) is 0.841. The lowest BCUT2D eigenvalue weighted by molar-refractivity contribution is -0.131. The fraction of sp³-hybridized carbons (Fsp3) is 0.421. The third-order valence-electron chi connectivity index (χ3n) is 4.82. The van der Waals surface area contributed by atoms with Gasteiger partial charge in [-0.1, -0.05) is 0 Å². The Bertz CT molecular complexity index is 924. The highest BCUT2D eigenvalue weighted by Gasteiger charge is 2.24. The number of hydrogen-bond donors (Lipinski definition) is 1. The van der Waals surface area contributed by atoms with Crippen molar-refractivity contribution in [3.63, 3.8) is 0 Å². The van der Waals surface area contributed by atoms with Crippen molar-refractivity contribution in [2.24, 2.45) is 0 Å². The van der Waals surface area contributed by atoms with E-state index in [9.17, 15) is 19.5 Å². The van der Waals surface area contributed by atoms with Gasteiger partial charge >= 0.3 is 0 Å². The molecule has 2 heterocycles. The van der Waals surface area contributed by atoms with Gasteiger partial charge in [-0.25, -0.2) is 0 Å². The number of aromatic hydroxyl groups is 1. The Balaban J connectivity index is 2.12. The van der Waals surface area contributed by atoms with Crippen LogP contribution in [0.25, 0.3) is 11.0 Å². The average Bonchev–Trinajstić information content (AvgIpc) is 2.64. The molecule has 3 rings (SSSR count). The van der Waals surface area contributed by atoms with Gasteiger partial charge in [0.1, 0.15) is 22.6 Å². The number of nitrogens with zero attached hydrogens (tertiary/aromatic N) is 1. The van der Waals surface area contributed by atoms with E-state index < -0.39 is 5.43 Å². The molecule has 138 valence electrons. The van der Waals surface area contributed by atoms with Gasteiger partial charge in [-0.3, -0.25) is 14.4 Å². The van der Waals surface area contributed by atoms with Crippen LogP contribution in [0.1, 0.15) is 40.9 Å². The van der Waals surface area contributed by atoms with Crippen molar-refractivity contribution in [1.82, 2.24) is 4.90 Å². The third-order valence-corrected chi connectivity index (χ3v) is 4.82. The lowest BCUT2D eigenvalue weighted by Crippen LogP contribution is -2.37. The number of hydrogen-bond acceptors (Lipinski definition) is 6. The molecular weight excluding hydrogens is 338 g/mol. The SMILES string of the molecule is COc1cc(O)c(C=O)c2oc(C)c(CC(=O)N3CCCCC3)c(=O)c12. The number of piperidine rings is 1. The topological polar surface area (TPSA) is 97.1 Å². The van der Waals surface area contributed by atoms with E-state index in [1.54, 1.807) is 11.8 Å². The van der Waals surface area contributed by atoms with Crippen LogP contribution in [-0.4, -0.2) is 42.4 Å². The van der Waals surface area contributed by atoms with Gasteiger partial charge in [-0.15, -0.1) is 0 Å². The van der Waals surface area contributed by atoms with Crippen LogP contribution in [0.2, 0.25) is 0 Å². The minimum absolute atomic E-state index is 0.0338. The zero-order valence-electron chi connectivity index (χ0n) is 14.8. The van der Waals surface area contributed by atoms with Gasteiger partial charge in [0, 0.05) is 24.7 Å². The number of aryl methyl sites for hydroxylation is 1. The Kier molecular flexibility index (Phi) is 4.97. The standard InChI is InChI=1S/C19H21NO6/c1-11-12(8-16(23)20-6-4-3-5-7-20)18(24)17-15(25-2)9-14(22)13(10-21)19(17)26-11/h9-10,22H,3-8H2,1-2H3. The van der Waals surface area contributed by atoms with Crippen LogP contribution < -0.4 is 10.2 Å². The molecule has 7 nitrogen and oxygen atoms in total. The summed E-state index contributed by atoms with van der Waals surface area (Å²) < 4.78 is 10.8. The predicted molar refractivity (Wildman–Crippen MR) is 95.0 cm³/mol. The molecule has 0 radical (unpaired) electrons. The first kappa shape index (κ1) is 18.0.